The van der Waals surface area contributed by atoms with Crippen molar-refractivity contribution in [3.63, 3.8) is 0 Å². The van der Waals surface area contributed by atoms with Gasteiger partial charge in [-0.1, -0.05) is 24.3 Å². The van der Waals surface area contributed by atoms with Crippen LogP contribution in [0.5, 0.6) is 0 Å². The van der Waals surface area contributed by atoms with Crippen molar-refractivity contribution in [2.75, 3.05) is 34.8 Å². The first-order chi connectivity index (χ1) is 13.6. The number of carbonyl (C=O) groups excluding carboxylic acids is 3. The molecule has 2 aliphatic rings. The second-order valence-corrected chi connectivity index (χ2v) is 7.41. The summed E-state index contributed by atoms with van der Waals surface area (Å²) < 4.78 is 5.79. The molecule has 2 fully saturated rings. The number of halogens is 1. The molecule has 2 aromatic rings. The summed E-state index contributed by atoms with van der Waals surface area (Å²) in [5, 5.41) is 2.82. The number of hydrogen-bond acceptors (Lipinski definition) is 4. The van der Waals surface area contributed by atoms with Crippen molar-refractivity contribution in [1.29, 1.82) is 0 Å². The van der Waals surface area contributed by atoms with Gasteiger partial charge in [-0.3, -0.25) is 14.5 Å². The highest BCUT2D eigenvalue weighted by molar-refractivity contribution is 9.10. The third-order valence-corrected chi connectivity index (χ3v) is 5.55. The largest absolute Gasteiger partial charge is 0.447 e. The standard InChI is InChI=1S/C20H18BrN3O4/c21-14-5-1-3-7-16(14)23-10-9-13(19(23)26)18(25)22-15-6-2-4-8-17(15)24-11-12-28-20(24)27/h1-8,13H,9-12H2,(H,22,25). The Balaban J connectivity index is 1.52. The second kappa shape index (κ2) is 7.63. The average Bonchev–Trinajstić information content (AvgIpc) is 3.28. The van der Waals surface area contributed by atoms with Gasteiger partial charge < -0.3 is 15.0 Å². The fourth-order valence-corrected chi connectivity index (χ4v) is 3.98. The van der Waals surface area contributed by atoms with Crippen LogP contribution in [0.3, 0.4) is 0 Å². The van der Waals surface area contributed by atoms with Gasteiger partial charge in [-0.15, -0.1) is 0 Å². The number of para-hydroxylation sites is 3. The number of cyclic esters (lactones) is 1. The van der Waals surface area contributed by atoms with Gasteiger partial charge in [-0.2, -0.15) is 0 Å². The molecule has 3 amide bonds. The van der Waals surface area contributed by atoms with E-state index >= 15 is 0 Å². The first-order valence-electron chi connectivity index (χ1n) is 8.96. The Bertz CT molecular complexity index is 949. The summed E-state index contributed by atoms with van der Waals surface area (Å²) in [6.07, 6.45) is -0.0151. The number of anilines is 3. The highest BCUT2D eigenvalue weighted by atomic mass is 79.9. The monoisotopic (exact) mass is 443 g/mol. The molecular formula is C20H18BrN3O4. The number of benzene rings is 2. The van der Waals surface area contributed by atoms with Crippen molar-refractivity contribution < 1.29 is 19.1 Å². The number of nitrogens with one attached hydrogen (secondary N) is 1. The van der Waals surface area contributed by atoms with Crippen molar-refractivity contribution in [1.82, 2.24) is 0 Å². The molecule has 2 heterocycles. The van der Waals surface area contributed by atoms with Gasteiger partial charge in [-0.25, -0.2) is 4.79 Å². The third-order valence-electron chi connectivity index (χ3n) is 4.88. The van der Waals surface area contributed by atoms with E-state index in [0.29, 0.717) is 37.5 Å². The summed E-state index contributed by atoms with van der Waals surface area (Å²) in [6, 6.07) is 14.4. The van der Waals surface area contributed by atoms with Crippen LogP contribution in [0.4, 0.5) is 21.9 Å². The predicted octanol–water partition coefficient (Wildman–Crippen LogP) is 3.40. The topological polar surface area (TPSA) is 79.0 Å². The fraction of sp³-hybridized carbons (Fsp3) is 0.250. The van der Waals surface area contributed by atoms with Crippen LogP contribution in [0.25, 0.3) is 0 Å². The van der Waals surface area contributed by atoms with Gasteiger partial charge >= 0.3 is 6.09 Å². The molecule has 0 spiro atoms. The number of ether oxygens (including phenoxy) is 1. The Kier molecular flexibility index (Phi) is 5.04. The lowest BCUT2D eigenvalue weighted by molar-refractivity contribution is -0.129. The van der Waals surface area contributed by atoms with E-state index in [1.807, 2.05) is 24.3 Å². The minimum atomic E-state index is -0.773. The molecule has 144 valence electrons. The zero-order valence-corrected chi connectivity index (χ0v) is 16.5. The van der Waals surface area contributed by atoms with E-state index in [9.17, 15) is 14.4 Å². The number of amides is 3. The second-order valence-electron chi connectivity index (χ2n) is 6.55. The Morgan fingerprint density at radius 1 is 1.00 bits per heavy atom. The van der Waals surface area contributed by atoms with Crippen LogP contribution in [0.1, 0.15) is 6.42 Å². The minimum absolute atomic E-state index is 0.234. The maximum absolute atomic E-state index is 12.8. The molecule has 2 aliphatic heterocycles. The zero-order chi connectivity index (χ0) is 19.7. The van der Waals surface area contributed by atoms with Crippen LogP contribution in [0.15, 0.2) is 53.0 Å². The van der Waals surface area contributed by atoms with Gasteiger partial charge in [0.25, 0.3) is 0 Å². The van der Waals surface area contributed by atoms with Crippen molar-refractivity contribution in [3.05, 3.63) is 53.0 Å². The lowest BCUT2D eigenvalue weighted by atomic mass is 10.1. The molecular weight excluding hydrogens is 426 g/mol. The molecule has 7 nitrogen and oxygen atoms in total. The van der Waals surface area contributed by atoms with E-state index in [2.05, 4.69) is 21.2 Å². The molecule has 0 bridgehead atoms. The minimum Gasteiger partial charge on any atom is -0.447 e. The van der Waals surface area contributed by atoms with E-state index in [0.717, 1.165) is 10.2 Å². The molecule has 8 heteroatoms. The fourth-order valence-electron chi connectivity index (χ4n) is 3.48. The summed E-state index contributed by atoms with van der Waals surface area (Å²) in [5.74, 6) is -1.38. The molecule has 0 aliphatic carbocycles. The molecule has 0 aromatic heterocycles. The van der Waals surface area contributed by atoms with E-state index in [-0.39, 0.29) is 11.8 Å². The lowest BCUT2D eigenvalue weighted by Crippen LogP contribution is -2.33. The van der Waals surface area contributed by atoms with Crippen molar-refractivity contribution in [3.8, 4) is 0 Å². The maximum Gasteiger partial charge on any atom is 0.414 e. The van der Waals surface area contributed by atoms with Crippen LogP contribution in [0, 0.1) is 5.92 Å². The summed E-state index contributed by atoms with van der Waals surface area (Å²) in [5.41, 5.74) is 1.80. The summed E-state index contributed by atoms with van der Waals surface area (Å²) >= 11 is 3.45. The Hall–Kier alpha value is -2.87. The van der Waals surface area contributed by atoms with Gasteiger partial charge in [0.15, 0.2) is 0 Å². The molecule has 1 unspecified atom stereocenters. The highest BCUT2D eigenvalue weighted by Gasteiger charge is 2.38. The van der Waals surface area contributed by atoms with E-state index < -0.39 is 12.0 Å². The Labute approximate surface area is 170 Å². The van der Waals surface area contributed by atoms with Crippen molar-refractivity contribution in [2.24, 2.45) is 5.92 Å². The van der Waals surface area contributed by atoms with Gasteiger partial charge in [0.1, 0.15) is 12.5 Å². The molecule has 1 atom stereocenters. The number of rotatable bonds is 4. The first kappa shape index (κ1) is 18.5. The van der Waals surface area contributed by atoms with E-state index in [1.54, 1.807) is 29.2 Å². The van der Waals surface area contributed by atoms with Crippen LogP contribution in [-0.4, -0.2) is 37.6 Å². The van der Waals surface area contributed by atoms with Gasteiger partial charge in [-0.05, 0) is 46.6 Å². The smallest absolute Gasteiger partial charge is 0.414 e. The third kappa shape index (κ3) is 3.35. The van der Waals surface area contributed by atoms with Crippen molar-refractivity contribution >= 4 is 50.9 Å². The molecule has 28 heavy (non-hydrogen) atoms. The predicted molar refractivity (Wildman–Crippen MR) is 108 cm³/mol. The van der Waals surface area contributed by atoms with Crippen LogP contribution in [0.2, 0.25) is 0 Å². The van der Waals surface area contributed by atoms with E-state index in [1.165, 1.54) is 4.90 Å². The summed E-state index contributed by atoms with van der Waals surface area (Å²) in [6.45, 7) is 1.20. The quantitative estimate of drug-likeness (QED) is 0.734. The van der Waals surface area contributed by atoms with Gasteiger partial charge in [0, 0.05) is 11.0 Å². The highest BCUT2D eigenvalue weighted by Crippen LogP contribution is 2.33. The van der Waals surface area contributed by atoms with Crippen molar-refractivity contribution in [2.45, 2.75) is 6.42 Å². The number of nitrogens with zero attached hydrogens (tertiary/aromatic N) is 2. The SMILES string of the molecule is O=C(Nc1ccccc1N1CCOC1=O)C1CCN(c2ccccc2Br)C1=O. The molecule has 0 radical (unpaired) electrons. The zero-order valence-electron chi connectivity index (χ0n) is 14.9. The lowest BCUT2D eigenvalue weighted by Gasteiger charge is -2.20. The van der Waals surface area contributed by atoms with Gasteiger partial charge in [0.05, 0.1) is 23.6 Å². The Morgan fingerprint density at radius 2 is 1.71 bits per heavy atom. The number of hydrogen-bond donors (Lipinski definition) is 1. The molecule has 4 rings (SSSR count). The Morgan fingerprint density at radius 3 is 2.43 bits per heavy atom. The summed E-state index contributed by atoms with van der Waals surface area (Å²) in [7, 11) is 0. The normalized spacial score (nSPS) is 19.1. The molecule has 1 N–H and O–H groups in total. The van der Waals surface area contributed by atoms with Crippen LogP contribution in [-0.2, 0) is 14.3 Å². The number of carbonyl (C=O) groups is 3. The first-order valence-corrected chi connectivity index (χ1v) is 9.75. The molecule has 2 aromatic carbocycles. The summed E-state index contributed by atoms with van der Waals surface area (Å²) in [4.78, 5) is 40.6. The molecule has 2 saturated heterocycles. The van der Waals surface area contributed by atoms with Gasteiger partial charge in [0.2, 0.25) is 11.8 Å². The molecule has 0 saturated carbocycles. The van der Waals surface area contributed by atoms with Crippen LogP contribution < -0.4 is 15.1 Å². The maximum atomic E-state index is 12.8. The average molecular weight is 444 g/mol. The van der Waals surface area contributed by atoms with E-state index in [4.69, 9.17) is 4.74 Å². The van der Waals surface area contributed by atoms with Crippen LogP contribution >= 0.6 is 15.9 Å².